The van der Waals surface area contributed by atoms with E-state index in [-0.39, 0.29) is 30.7 Å². The molecule has 0 atom stereocenters. The Kier molecular flexibility index (Phi) is 5.44. The van der Waals surface area contributed by atoms with Gasteiger partial charge in [0.15, 0.2) is 12.4 Å². The molecule has 3 rings (SSSR count). The maximum absolute atomic E-state index is 12.5. The number of amides is 3. The summed E-state index contributed by atoms with van der Waals surface area (Å²) in [5.41, 5.74) is 0.915. The van der Waals surface area contributed by atoms with Crippen LogP contribution in [0.2, 0.25) is 0 Å². The number of anilines is 2. The molecule has 0 saturated heterocycles. The number of likely N-dealkylation sites (N-methyl/N-ethyl adjacent to an activating group) is 1. The Bertz CT molecular complexity index is 843. The van der Waals surface area contributed by atoms with E-state index in [1.807, 2.05) is 13.8 Å². The van der Waals surface area contributed by atoms with Gasteiger partial charge in [0.1, 0.15) is 12.3 Å². The number of ether oxygens (including phenoxy) is 1. The Balaban J connectivity index is 1.83. The van der Waals surface area contributed by atoms with Crippen LogP contribution in [0, 0.1) is 0 Å². The van der Waals surface area contributed by atoms with Crippen molar-refractivity contribution in [2.75, 3.05) is 36.5 Å². The van der Waals surface area contributed by atoms with Gasteiger partial charge in [0.2, 0.25) is 5.91 Å². The van der Waals surface area contributed by atoms with E-state index in [0.29, 0.717) is 30.2 Å². The molecule has 0 spiro atoms. The van der Waals surface area contributed by atoms with Gasteiger partial charge in [0, 0.05) is 18.8 Å². The van der Waals surface area contributed by atoms with Gasteiger partial charge in [-0.15, -0.1) is 0 Å². The molecular formula is C19H21N3O5. The first-order chi connectivity index (χ1) is 13.0. The highest BCUT2D eigenvalue weighted by Gasteiger charge is 2.29. The van der Waals surface area contributed by atoms with Crippen LogP contribution in [0.4, 0.5) is 11.4 Å². The van der Waals surface area contributed by atoms with Crippen molar-refractivity contribution in [1.29, 1.82) is 0 Å². The number of hydrogen-bond acceptors (Lipinski definition) is 5. The van der Waals surface area contributed by atoms with Crippen molar-refractivity contribution in [3.8, 4) is 5.75 Å². The quantitative estimate of drug-likeness (QED) is 0.840. The fraction of sp³-hybridized carbons (Fsp3) is 0.316. The zero-order chi connectivity index (χ0) is 19.4. The fourth-order valence-electron chi connectivity index (χ4n) is 2.87. The number of nitrogens with one attached hydrogen (secondary N) is 1. The fourth-order valence-corrected chi connectivity index (χ4v) is 2.87. The third-order valence-electron chi connectivity index (χ3n) is 4.31. The smallest absolute Gasteiger partial charge is 0.291 e. The van der Waals surface area contributed by atoms with Gasteiger partial charge in [-0.05, 0) is 44.2 Å². The van der Waals surface area contributed by atoms with E-state index in [9.17, 15) is 14.4 Å². The van der Waals surface area contributed by atoms with Crippen molar-refractivity contribution in [3.63, 3.8) is 0 Å². The van der Waals surface area contributed by atoms with Crippen LogP contribution in [0.1, 0.15) is 24.4 Å². The molecule has 1 aromatic heterocycles. The lowest BCUT2D eigenvalue weighted by molar-refractivity contribution is -0.131. The van der Waals surface area contributed by atoms with Crippen molar-refractivity contribution in [3.05, 3.63) is 42.4 Å². The molecule has 0 bridgehead atoms. The van der Waals surface area contributed by atoms with Crippen LogP contribution in [0.15, 0.2) is 41.0 Å². The van der Waals surface area contributed by atoms with Crippen LogP contribution in [-0.4, -0.2) is 48.9 Å². The summed E-state index contributed by atoms with van der Waals surface area (Å²) >= 11 is 0. The molecule has 1 aliphatic rings. The average molecular weight is 371 g/mol. The summed E-state index contributed by atoms with van der Waals surface area (Å²) in [4.78, 5) is 40.0. The minimum Gasteiger partial charge on any atom is -0.482 e. The summed E-state index contributed by atoms with van der Waals surface area (Å²) in [7, 11) is 0. The topological polar surface area (TPSA) is 92.1 Å². The second kappa shape index (κ2) is 7.94. The van der Waals surface area contributed by atoms with Crippen molar-refractivity contribution in [2.24, 2.45) is 0 Å². The molecule has 0 aliphatic carbocycles. The minimum absolute atomic E-state index is 0.0769. The third-order valence-corrected chi connectivity index (χ3v) is 4.31. The molecule has 0 saturated carbocycles. The number of fused-ring (bicyclic) bond motifs is 1. The predicted octanol–water partition coefficient (Wildman–Crippen LogP) is 2.13. The van der Waals surface area contributed by atoms with E-state index >= 15 is 0 Å². The molecule has 0 radical (unpaired) electrons. The van der Waals surface area contributed by atoms with Gasteiger partial charge in [-0.2, -0.15) is 0 Å². The molecule has 27 heavy (non-hydrogen) atoms. The van der Waals surface area contributed by atoms with E-state index in [0.717, 1.165) is 0 Å². The minimum atomic E-state index is -0.409. The maximum atomic E-state index is 12.5. The van der Waals surface area contributed by atoms with Crippen molar-refractivity contribution >= 4 is 29.1 Å². The highest BCUT2D eigenvalue weighted by Crippen LogP contribution is 2.34. The molecule has 3 amide bonds. The number of hydrogen-bond donors (Lipinski definition) is 1. The van der Waals surface area contributed by atoms with Crippen LogP contribution in [-0.2, 0) is 9.59 Å². The molecule has 0 fully saturated rings. The van der Waals surface area contributed by atoms with Gasteiger partial charge in [0.25, 0.3) is 11.8 Å². The van der Waals surface area contributed by atoms with E-state index in [1.54, 1.807) is 35.2 Å². The Morgan fingerprint density at radius 2 is 2.00 bits per heavy atom. The number of nitrogens with zero attached hydrogens (tertiary/aromatic N) is 2. The first-order valence-electron chi connectivity index (χ1n) is 8.73. The molecule has 0 unspecified atom stereocenters. The molecule has 8 nitrogen and oxygen atoms in total. The zero-order valence-electron chi connectivity index (χ0n) is 15.2. The molecule has 1 aromatic carbocycles. The summed E-state index contributed by atoms with van der Waals surface area (Å²) in [5.74, 6) is -0.205. The van der Waals surface area contributed by atoms with Gasteiger partial charge in [-0.25, -0.2) is 0 Å². The molecule has 2 aromatic rings. The Labute approximate surface area is 156 Å². The first kappa shape index (κ1) is 18.5. The SMILES string of the molecule is CCN(CC)C(=O)CN1C(=O)COc2ccc(NC(=O)c3ccco3)cc21. The van der Waals surface area contributed by atoms with Crippen LogP contribution in [0.25, 0.3) is 0 Å². The lowest BCUT2D eigenvalue weighted by atomic mass is 10.2. The van der Waals surface area contributed by atoms with Crippen LogP contribution in [0.3, 0.4) is 0 Å². The van der Waals surface area contributed by atoms with Crippen LogP contribution < -0.4 is 15.0 Å². The summed E-state index contributed by atoms with van der Waals surface area (Å²) in [6, 6.07) is 8.11. The van der Waals surface area contributed by atoms with Gasteiger partial charge in [-0.1, -0.05) is 0 Å². The zero-order valence-corrected chi connectivity index (χ0v) is 15.2. The Hall–Kier alpha value is -3.29. The molecule has 142 valence electrons. The molecular weight excluding hydrogens is 350 g/mol. The molecule has 2 heterocycles. The Morgan fingerprint density at radius 1 is 1.22 bits per heavy atom. The highest BCUT2D eigenvalue weighted by molar-refractivity contribution is 6.05. The van der Waals surface area contributed by atoms with Gasteiger partial charge >= 0.3 is 0 Å². The molecule has 8 heteroatoms. The van der Waals surface area contributed by atoms with Crippen LogP contribution in [0.5, 0.6) is 5.75 Å². The van der Waals surface area contributed by atoms with Crippen molar-refractivity contribution in [1.82, 2.24) is 4.90 Å². The van der Waals surface area contributed by atoms with Gasteiger partial charge < -0.3 is 19.4 Å². The van der Waals surface area contributed by atoms with E-state index in [1.165, 1.54) is 11.2 Å². The predicted molar refractivity (Wildman–Crippen MR) is 98.9 cm³/mol. The number of benzene rings is 1. The summed E-state index contributed by atoms with van der Waals surface area (Å²) < 4.78 is 10.5. The largest absolute Gasteiger partial charge is 0.482 e. The van der Waals surface area contributed by atoms with E-state index in [4.69, 9.17) is 9.15 Å². The lowest BCUT2D eigenvalue weighted by Crippen LogP contribution is -2.46. The molecule has 1 aliphatic heterocycles. The average Bonchev–Trinajstić information content (AvgIpc) is 3.20. The van der Waals surface area contributed by atoms with E-state index < -0.39 is 5.91 Å². The second-order valence-electron chi connectivity index (χ2n) is 5.95. The lowest BCUT2D eigenvalue weighted by Gasteiger charge is -2.31. The summed E-state index contributed by atoms with van der Waals surface area (Å²) in [5, 5.41) is 2.71. The number of furan rings is 1. The number of rotatable bonds is 6. The monoisotopic (exact) mass is 371 g/mol. The standard InChI is InChI=1S/C19H21N3O5/c1-3-21(4-2)17(23)11-22-14-10-13(7-8-15(14)27-12-18(22)24)20-19(25)16-6-5-9-26-16/h5-10H,3-4,11-12H2,1-2H3,(H,20,25). The van der Waals surface area contributed by atoms with Crippen LogP contribution >= 0.6 is 0 Å². The third kappa shape index (κ3) is 3.94. The molecule has 1 N–H and O–H groups in total. The number of carbonyl (C=O) groups is 3. The summed E-state index contributed by atoms with van der Waals surface area (Å²) in [6.07, 6.45) is 1.41. The Morgan fingerprint density at radius 3 is 2.67 bits per heavy atom. The summed E-state index contributed by atoms with van der Waals surface area (Å²) in [6.45, 7) is 4.71. The van der Waals surface area contributed by atoms with Crippen molar-refractivity contribution < 1.29 is 23.5 Å². The number of carbonyl (C=O) groups excluding carboxylic acids is 3. The maximum Gasteiger partial charge on any atom is 0.291 e. The highest BCUT2D eigenvalue weighted by atomic mass is 16.5. The second-order valence-corrected chi connectivity index (χ2v) is 5.95. The first-order valence-corrected chi connectivity index (χ1v) is 8.73. The van der Waals surface area contributed by atoms with Gasteiger partial charge in [0.05, 0.1) is 12.0 Å². The normalized spacial score (nSPS) is 13.0. The van der Waals surface area contributed by atoms with Crippen molar-refractivity contribution in [2.45, 2.75) is 13.8 Å². The van der Waals surface area contributed by atoms with Gasteiger partial charge in [-0.3, -0.25) is 19.3 Å². The van der Waals surface area contributed by atoms with E-state index in [2.05, 4.69) is 5.32 Å².